The number of hydrogen-bond acceptors (Lipinski definition) is 7. The first-order valence-electron chi connectivity index (χ1n) is 11.3. The molecule has 174 valence electrons. The summed E-state index contributed by atoms with van der Waals surface area (Å²) in [4.78, 5) is 15.6. The fourth-order valence-corrected chi connectivity index (χ4v) is 4.01. The lowest BCUT2D eigenvalue weighted by Gasteiger charge is -2.26. The average molecular weight is 476 g/mol. The molecule has 1 saturated heterocycles. The number of nitrogens with zero attached hydrogens (tertiary/aromatic N) is 5. The zero-order chi connectivity index (χ0) is 23.2. The van der Waals surface area contributed by atoms with Crippen LogP contribution in [0.15, 0.2) is 73.3 Å². The van der Waals surface area contributed by atoms with Gasteiger partial charge >= 0.3 is 0 Å². The van der Waals surface area contributed by atoms with E-state index in [4.69, 9.17) is 16.3 Å². The SMILES string of the molecule is Clc1ccccc1Nc1nccn1-c1cc(Nc2ccc(CCN3CCOCC3)cc2)ncn1. The number of rotatable bonds is 8. The van der Waals surface area contributed by atoms with Crippen LogP contribution in [0, 0.1) is 0 Å². The van der Waals surface area contributed by atoms with E-state index in [0.29, 0.717) is 22.6 Å². The number of imidazole rings is 1. The molecule has 3 heterocycles. The minimum Gasteiger partial charge on any atom is -0.379 e. The van der Waals surface area contributed by atoms with Crippen molar-refractivity contribution >= 4 is 34.7 Å². The standard InChI is InChI=1S/C25H26ClN7O/c26-21-3-1-2-4-22(21)31-25-27-10-12-33(25)24-17-23(28-18-29-24)30-20-7-5-19(6-8-20)9-11-32-13-15-34-16-14-32/h1-8,10,12,17-18H,9,11,13-16H2,(H,27,31)(H,28,29,30). The molecule has 2 aromatic carbocycles. The first-order valence-corrected chi connectivity index (χ1v) is 11.7. The first kappa shape index (κ1) is 22.3. The molecular formula is C25H26ClN7O. The quantitative estimate of drug-likeness (QED) is 0.383. The van der Waals surface area contributed by atoms with E-state index in [0.717, 1.165) is 50.6 Å². The molecule has 2 aromatic heterocycles. The van der Waals surface area contributed by atoms with Gasteiger partial charge in [-0.15, -0.1) is 0 Å². The molecule has 2 N–H and O–H groups in total. The number of morpholine rings is 1. The Kier molecular flexibility index (Phi) is 6.99. The van der Waals surface area contributed by atoms with Crippen molar-refractivity contribution in [3.8, 4) is 5.82 Å². The third-order valence-electron chi connectivity index (χ3n) is 5.71. The van der Waals surface area contributed by atoms with E-state index in [9.17, 15) is 0 Å². The molecule has 8 nitrogen and oxygen atoms in total. The van der Waals surface area contributed by atoms with Crippen molar-refractivity contribution in [1.82, 2.24) is 24.4 Å². The van der Waals surface area contributed by atoms with Gasteiger partial charge in [0.2, 0.25) is 5.95 Å². The van der Waals surface area contributed by atoms with Gasteiger partial charge in [0.05, 0.1) is 23.9 Å². The van der Waals surface area contributed by atoms with E-state index in [1.54, 1.807) is 6.20 Å². The second-order valence-corrected chi connectivity index (χ2v) is 8.42. The van der Waals surface area contributed by atoms with E-state index in [1.165, 1.54) is 11.9 Å². The third-order valence-corrected chi connectivity index (χ3v) is 6.04. The van der Waals surface area contributed by atoms with Gasteiger partial charge in [-0.25, -0.2) is 15.0 Å². The Morgan fingerprint density at radius 3 is 2.59 bits per heavy atom. The lowest BCUT2D eigenvalue weighted by molar-refractivity contribution is 0.0384. The summed E-state index contributed by atoms with van der Waals surface area (Å²) in [7, 11) is 0. The topological polar surface area (TPSA) is 80.1 Å². The van der Waals surface area contributed by atoms with Crippen LogP contribution in [0.4, 0.5) is 23.1 Å². The Labute approximate surface area is 203 Å². The summed E-state index contributed by atoms with van der Waals surface area (Å²) < 4.78 is 7.27. The molecule has 0 spiro atoms. The number of para-hydroxylation sites is 1. The molecule has 9 heteroatoms. The van der Waals surface area contributed by atoms with Gasteiger partial charge in [0.15, 0.2) is 0 Å². The van der Waals surface area contributed by atoms with E-state index >= 15 is 0 Å². The Bertz CT molecular complexity index is 1220. The molecule has 0 radical (unpaired) electrons. The summed E-state index contributed by atoms with van der Waals surface area (Å²) in [5.41, 5.74) is 3.06. The number of benzene rings is 2. The highest BCUT2D eigenvalue weighted by atomic mass is 35.5. The van der Waals surface area contributed by atoms with Gasteiger partial charge in [0.1, 0.15) is 18.0 Å². The second kappa shape index (κ2) is 10.6. The van der Waals surface area contributed by atoms with Crippen LogP contribution < -0.4 is 10.6 Å². The molecule has 0 atom stereocenters. The van der Waals surface area contributed by atoms with Crippen LogP contribution in [-0.4, -0.2) is 57.3 Å². The van der Waals surface area contributed by atoms with E-state index in [2.05, 4.69) is 54.8 Å². The van der Waals surface area contributed by atoms with Crippen molar-refractivity contribution in [3.05, 3.63) is 83.9 Å². The van der Waals surface area contributed by atoms with Gasteiger partial charge in [0, 0.05) is 43.8 Å². The molecule has 1 aliphatic heterocycles. The molecule has 34 heavy (non-hydrogen) atoms. The summed E-state index contributed by atoms with van der Waals surface area (Å²) in [5, 5.41) is 7.24. The third kappa shape index (κ3) is 5.53. The van der Waals surface area contributed by atoms with Gasteiger partial charge in [-0.2, -0.15) is 0 Å². The maximum atomic E-state index is 6.28. The van der Waals surface area contributed by atoms with E-state index in [1.807, 2.05) is 41.1 Å². The van der Waals surface area contributed by atoms with E-state index < -0.39 is 0 Å². The Hall–Kier alpha value is -3.46. The molecule has 1 aliphatic rings. The zero-order valence-electron chi connectivity index (χ0n) is 18.7. The van der Waals surface area contributed by atoms with Crippen molar-refractivity contribution in [2.24, 2.45) is 0 Å². The largest absolute Gasteiger partial charge is 0.379 e. The molecule has 0 saturated carbocycles. The lowest BCUT2D eigenvalue weighted by atomic mass is 10.1. The normalized spacial score (nSPS) is 14.1. The molecule has 1 fully saturated rings. The van der Waals surface area contributed by atoms with Crippen LogP contribution in [0.25, 0.3) is 5.82 Å². The fourth-order valence-electron chi connectivity index (χ4n) is 3.83. The van der Waals surface area contributed by atoms with Crippen molar-refractivity contribution in [1.29, 1.82) is 0 Å². The van der Waals surface area contributed by atoms with Gasteiger partial charge in [-0.05, 0) is 36.2 Å². The molecule has 0 amide bonds. The van der Waals surface area contributed by atoms with Gasteiger partial charge in [-0.3, -0.25) is 9.47 Å². The lowest BCUT2D eigenvalue weighted by Crippen LogP contribution is -2.37. The summed E-state index contributed by atoms with van der Waals surface area (Å²) >= 11 is 6.28. The van der Waals surface area contributed by atoms with Crippen LogP contribution in [0.1, 0.15) is 5.56 Å². The summed E-state index contributed by atoms with van der Waals surface area (Å²) in [6.07, 6.45) is 6.12. The Balaban J connectivity index is 1.24. The molecule has 5 rings (SSSR count). The molecular weight excluding hydrogens is 450 g/mol. The van der Waals surface area contributed by atoms with Crippen LogP contribution in [-0.2, 0) is 11.2 Å². The highest BCUT2D eigenvalue weighted by molar-refractivity contribution is 6.33. The van der Waals surface area contributed by atoms with Gasteiger partial charge in [-0.1, -0.05) is 35.9 Å². The second-order valence-electron chi connectivity index (χ2n) is 8.01. The van der Waals surface area contributed by atoms with Gasteiger partial charge in [0.25, 0.3) is 0 Å². The van der Waals surface area contributed by atoms with E-state index in [-0.39, 0.29) is 0 Å². The van der Waals surface area contributed by atoms with Crippen LogP contribution >= 0.6 is 11.6 Å². The van der Waals surface area contributed by atoms with Crippen molar-refractivity contribution in [2.45, 2.75) is 6.42 Å². The van der Waals surface area contributed by atoms with Crippen molar-refractivity contribution < 1.29 is 4.74 Å². The smallest absolute Gasteiger partial charge is 0.213 e. The average Bonchev–Trinajstić information content (AvgIpc) is 3.34. The monoisotopic (exact) mass is 475 g/mol. The minimum absolute atomic E-state index is 0.613. The summed E-state index contributed by atoms with van der Waals surface area (Å²) in [6, 6.07) is 17.9. The number of halogens is 1. The number of anilines is 4. The fraction of sp³-hybridized carbons (Fsp3) is 0.240. The van der Waals surface area contributed by atoms with Crippen molar-refractivity contribution in [2.75, 3.05) is 43.5 Å². The Morgan fingerprint density at radius 1 is 0.941 bits per heavy atom. The predicted octanol–water partition coefficient (Wildman–Crippen LogP) is 4.68. The van der Waals surface area contributed by atoms with Crippen LogP contribution in [0.2, 0.25) is 5.02 Å². The van der Waals surface area contributed by atoms with Crippen LogP contribution in [0.5, 0.6) is 0 Å². The molecule has 0 unspecified atom stereocenters. The predicted molar refractivity (Wildman–Crippen MR) is 135 cm³/mol. The molecule has 4 aromatic rings. The minimum atomic E-state index is 0.613. The van der Waals surface area contributed by atoms with Gasteiger partial charge < -0.3 is 15.4 Å². The maximum absolute atomic E-state index is 6.28. The number of hydrogen-bond donors (Lipinski definition) is 2. The molecule has 0 bridgehead atoms. The number of ether oxygens (including phenoxy) is 1. The highest BCUT2D eigenvalue weighted by Gasteiger charge is 2.11. The van der Waals surface area contributed by atoms with Crippen molar-refractivity contribution in [3.63, 3.8) is 0 Å². The Morgan fingerprint density at radius 2 is 1.76 bits per heavy atom. The zero-order valence-corrected chi connectivity index (χ0v) is 19.4. The maximum Gasteiger partial charge on any atom is 0.213 e. The van der Waals surface area contributed by atoms with Crippen LogP contribution in [0.3, 0.4) is 0 Å². The number of aromatic nitrogens is 4. The first-order chi connectivity index (χ1) is 16.7. The summed E-state index contributed by atoms with van der Waals surface area (Å²) in [6.45, 7) is 4.76. The molecule has 0 aliphatic carbocycles. The summed E-state index contributed by atoms with van der Waals surface area (Å²) in [5.74, 6) is 2.00. The highest BCUT2D eigenvalue weighted by Crippen LogP contribution is 2.25. The number of nitrogens with one attached hydrogen (secondary N) is 2.